The van der Waals surface area contributed by atoms with Crippen molar-refractivity contribution in [2.45, 2.75) is 52.4 Å². The molecular formula is C17H28N4. The monoisotopic (exact) mass is 288 g/mol. The highest BCUT2D eigenvalue weighted by atomic mass is 15.2. The van der Waals surface area contributed by atoms with E-state index in [1.165, 1.54) is 25.7 Å². The molecular weight excluding hydrogens is 260 g/mol. The Bertz CT molecular complexity index is 514. The van der Waals surface area contributed by atoms with Crippen molar-refractivity contribution >= 4 is 11.6 Å². The van der Waals surface area contributed by atoms with Gasteiger partial charge in [-0.2, -0.15) is 0 Å². The molecule has 0 amide bonds. The molecule has 3 rings (SSSR count). The van der Waals surface area contributed by atoms with Gasteiger partial charge in [-0.15, -0.1) is 0 Å². The van der Waals surface area contributed by atoms with Crippen LogP contribution < -0.4 is 10.6 Å². The van der Waals surface area contributed by atoms with Gasteiger partial charge >= 0.3 is 0 Å². The van der Waals surface area contributed by atoms with Gasteiger partial charge in [0.1, 0.15) is 17.5 Å². The minimum absolute atomic E-state index is 0.642. The molecule has 3 atom stereocenters. The minimum atomic E-state index is 0.642. The van der Waals surface area contributed by atoms with E-state index in [1.54, 1.807) is 0 Å². The van der Waals surface area contributed by atoms with E-state index >= 15 is 0 Å². The number of rotatable bonds is 5. The number of nitrogen functional groups attached to an aromatic ring is 1. The normalized spacial score (nSPS) is 27.3. The zero-order valence-corrected chi connectivity index (χ0v) is 13.6. The van der Waals surface area contributed by atoms with Gasteiger partial charge in [0.05, 0.1) is 0 Å². The summed E-state index contributed by atoms with van der Waals surface area (Å²) in [6.07, 6.45) is 7.73. The maximum Gasteiger partial charge on any atom is 0.137 e. The molecule has 0 spiro atoms. The van der Waals surface area contributed by atoms with Crippen molar-refractivity contribution < 1.29 is 0 Å². The van der Waals surface area contributed by atoms with Gasteiger partial charge in [0, 0.05) is 25.6 Å². The van der Waals surface area contributed by atoms with Crippen molar-refractivity contribution in [3.63, 3.8) is 0 Å². The lowest BCUT2D eigenvalue weighted by atomic mass is 9.88. The topological polar surface area (TPSA) is 55.0 Å². The van der Waals surface area contributed by atoms with E-state index in [9.17, 15) is 0 Å². The molecule has 2 bridgehead atoms. The Morgan fingerprint density at radius 1 is 1.24 bits per heavy atom. The lowest BCUT2D eigenvalue weighted by Gasteiger charge is -2.29. The van der Waals surface area contributed by atoms with Crippen LogP contribution in [0.5, 0.6) is 0 Å². The summed E-state index contributed by atoms with van der Waals surface area (Å²) in [7, 11) is 2.16. The number of nitrogens with two attached hydrogens (primary N) is 1. The van der Waals surface area contributed by atoms with E-state index in [2.05, 4.69) is 23.9 Å². The summed E-state index contributed by atoms with van der Waals surface area (Å²) >= 11 is 0. The first-order valence-electron chi connectivity index (χ1n) is 8.42. The maximum atomic E-state index is 6.08. The molecule has 1 aromatic heterocycles. The largest absolute Gasteiger partial charge is 0.383 e. The van der Waals surface area contributed by atoms with Gasteiger partial charge in [0.25, 0.3) is 0 Å². The number of aryl methyl sites for hydroxylation is 1. The fraction of sp³-hybridized carbons (Fsp3) is 0.765. The second-order valence-corrected chi connectivity index (χ2v) is 7.04. The molecule has 4 heteroatoms. The Morgan fingerprint density at radius 3 is 2.67 bits per heavy atom. The number of aromatic nitrogens is 2. The number of hydrogen-bond donors (Lipinski definition) is 1. The Kier molecular flexibility index (Phi) is 4.05. The van der Waals surface area contributed by atoms with E-state index in [0.29, 0.717) is 5.82 Å². The molecule has 0 aromatic carbocycles. The first-order valence-corrected chi connectivity index (χ1v) is 8.42. The predicted molar refractivity (Wildman–Crippen MR) is 87.4 cm³/mol. The van der Waals surface area contributed by atoms with E-state index in [0.717, 1.165) is 54.3 Å². The third kappa shape index (κ3) is 2.85. The second-order valence-electron chi connectivity index (χ2n) is 7.04. The van der Waals surface area contributed by atoms with Crippen LogP contribution in [-0.2, 0) is 6.42 Å². The SMILES string of the molecule is CCCc1nc(N)c(C)c(N(C)CC2CC3CCC2C3)n1. The van der Waals surface area contributed by atoms with Crippen molar-refractivity contribution in [2.75, 3.05) is 24.2 Å². The van der Waals surface area contributed by atoms with Crippen molar-refractivity contribution in [1.82, 2.24) is 9.97 Å². The predicted octanol–water partition coefficient (Wildman–Crippen LogP) is 3.19. The van der Waals surface area contributed by atoms with Gasteiger partial charge in [-0.3, -0.25) is 0 Å². The Hall–Kier alpha value is -1.32. The average molecular weight is 288 g/mol. The van der Waals surface area contributed by atoms with Gasteiger partial charge in [0.15, 0.2) is 0 Å². The van der Waals surface area contributed by atoms with E-state index in [1.807, 2.05) is 6.92 Å². The summed E-state index contributed by atoms with van der Waals surface area (Å²) in [6.45, 7) is 5.31. The summed E-state index contributed by atoms with van der Waals surface area (Å²) in [6, 6.07) is 0. The van der Waals surface area contributed by atoms with Crippen LogP contribution in [0.2, 0.25) is 0 Å². The number of fused-ring (bicyclic) bond motifs is 2. The fourth-order valence-electron chi connectivity index (χ4n) is 4.31. The molecule has 0 radical (unpaired) electrons. The summed E-state index contributed by atoms with van der Waals surface area (Å²) < 4.78 is 0. The van der Waals surface area contributed by atoms with Crippen LogP contribution in [0.25, 0.3) is 0 Å². The van der Waals surface area contributed by atoms with Gasteiger partial charge in [-0.05, 0) is 50.4 Å². The van der Waals surface area contributed by atoms with Crippen molar-refractivity contribution in [2.24, 2.45) is 17.8 Å². The molecule has 1 aromatic rings. The second kappa shape index (κ2) is 5.82. The van der Waals surface area contributed by atoms with Crippen molar-refractivity contribution in [3.05, 3.63) is 11.4 Å². The smallest absolute Gasteiger partial charge is 0.137 e. The van der Waals surface area contributed by atoms with Crippen LogP contribution >= 0.6 is 0 Å². The van der Waals surface area contributed by atoms with Crippen LogP contribution in [-0.4, -0.2) is 23.6 Å². The maximum absolute atomic E-state index is 6.08. The molecule has 0 aliphatic heterocycles. The number of hydrogen-bond acceptors (Lipinski definition) is 4. The third-order valence-electron chi connectivity index (χ3n) is 5.43. The molecule has 0 saturated heterocycles. The standard InChI is InChI=1S/C17H28N4/c1-4-5-15-19-16(18)11(2)17(20-15)21(3)10-14-9-12-6-7-13(14)8-12/h12-14H,4-10H2,1-3H3,(H2,18,19,20). The zero-order valence-electron chi connectivity index (χ0n) is 13.6. The fourth-order valence-corrected chi connectivity index (χ4v) is 4.31. The van der Waals surface area contributed by atoms with Crippen LogP contribution in [0.1, 0.15) is 50.4 Å². The molecule has 2 N–H and O–H groups in total. The van der Waals surface area contributed by atoms with Gasteiger partial charge < -0.3 is 10.6 Å². The first-order chi connectivity index (χ1) is 10.1. The summed E-state index contributed by atoms with van der Waals surface area (Å²) in [5.41, 5.74) is 7.11. The lowest BCUT2D eigenvalue weighted by Crippen LogP contribution is -2.30. The highest BCUT2D eigenvalue weighted by Gasteiger charge is 2.39. The van der Waals surface area contributed by atoms with Crippen LogP contribution in [0, 0.1) is 24.7 Å². The molecule has 1 heterocycles. The van der Waals surface area contributed by atoms with E-state index in [4.69, 9.17) is 10.7 Å². The molecule has 3 unspecified atom stereocenters. The molecule has 2 aliphatic carbocycles. The Labute approximate surface area is 128 Å². The molecule has 116 valence electrons. The van der Waals surface area contributed by atoms with E-state index in [-0.39, 0.29) is 0 Å². The minimum Gasteiger partial charge on any atom is -0.383 e. The van der Waals surface area contributed by atoms with Crippen molar-refractivity contribution in [1.29, 1.82) is 0 Å². The number of nitrogens with zero attached hydrogens (tertiary/aromatic N) is 3. The highest BCUT2D eigenvalue weighted by molar-refractivity contribution is 5.56. The van der Waals surface area contributed by atoms with Crippen LogP contribution in [0.15, 0.2) is 0 Å². The van der Waals surface area contributed by atoms with Gasteiger partial charge in [0.2, 0.25) is 0 Å². The summed E-state index contributed by atoms with van der Waals surface area (Å²) in [5, 5.41) is 0. The Morgan fingerprint density at radius 2 is 2.05 bits per heavy atom. The number of anilines is 2. The first kappa shape index (κ1) is 14.6. The van der Waals surface area contributed by atoms with Crippen LogP contribution in [0.3, 0.4) is 0 Å². The lowest BCUT2D eigenvalue weighted by molar-refractivity contribution is 0.337. The van der Waals surface area contributed by atoms with Gasteiger partial charge in [-0.1, -0.05) is 13.3 Å². The summed E-state index contributed by atoms with van der Waals surface area (Å²) in [5.74, 6) is 5.36. The zero-order chi connectivity index (χ0) is 15.0. The molecule has 4 nitrogen and oxygen atoms in total. The Balaban J connectivity index is 1.75. The molecule has 2 saturated carbocycles. The molecule has 2 aliphatic rings. The highest BCUT2D eigenvalue weighted by Crippen LogP contribution is 2.48. The van der Waals surface area contributed by atoms with Crippen molar-refractivity contribution in [3.8, 4) is 0 Å². The molecule has 21 heavy (non-hydrogen) atoms. The van der Waals surface area contributed by atoms with Gasteiger partial charge in [-0.25, -0.2) is 9.97 Å². The summed E-state index contributed by atoms with van der Waals surface area (Å²) in [4.78, 5) is 11.5. The van der Waals surface area contributed by atoms with E-state index < -0.39 is 0 Å². The third-order valence-corrected chi connectivity index (χ3v) is 5.43. The van der Waals surface area contributed by atoms with Crippen LogP contribution in [0.4, 0.5) is 11.6 Å². The average Bonchev–Trinajstić information content (AvgIpc) is 3.05. The molecule has 2 fully saturated rings. The quantitative estimate of drug-likeness (QED) is 0.904.